The second-order valence-corrected chi connectivity index (χ2v) is 4.48. The van der Waals surface area contributed by atoms with Gasteiger partial charge in [0.2, 0.25) is 0 Å². The first-order valence-electron chi connectivity index (χ1n) is 5.91. The van der Waals surface area contributed by atoms with E-state index in [1.807, 2.05) is 0 Å². The second-order valence-electron chi connectivity index (χ2n) is 4.48. The molecule has 0 aliphatic carbocycles. The van der Waals surface area contributed by atoms with Gasteiger partial charge in [0.05, 0.1) is 12.7 Å². The van der Waals surface area contributed by atoms with Crippen LogP contribution in [0, 0.1) is 0 Å². The summed E-state index contributed by atoms with van der Waals surface area (Å²) in [4.78, 5) is 13.7. The van der Waals surface area contributed by atoms with E-state index in [1.165, 1.54) is 0 Å². The van der Waals surface area contributed by atoms with Gasteiger partial charge in [-0.25, -0.2) is 0 Å². The van der Waals surface area contributed by atoms with Gasteiger partial charge < -0.3 is 15.2 Å². The van der Waals surface area contributed by atoms with Gasteiger partial charge in [0.15, 0.2) is 0 Å². The van der Waals surface area contributed by atoms with Gasteiger partial charge in [-0.3, -0.25) is 9.69 Å². The molecule has 0 aromatic rings. The molecule has 0 aromatic carbocycles. The highest BCUT2D eigenvalue weighted by atomic mass is 16.5. The van der Waals surface area contributed by atoms with Crippen molar-refractivity contribution in [2.75, 3.05) is 26.8 Å². The fourth-order valence-electron chi connectivity index (χ4n) is 2.67. The summed E-state index contributed by atoms with van der Waals surface area (Å²) in [5.74, 6) is -0.0886. The second kappa shape index (κ2) is 5.12. The number of piperidine rings is 1. The van der Waals surface area contributed by atoms with E-state index in [2.05, 4.69) is 4.90 Å². The van der Waals surface area contributed by atoms with Crippen LogP contribution in [0.1, 0.15) is 19.3 Å². The molecule has 2 fully saturated rings. The third-order valence-electron chi connectivity index (χ3n) is 3.63. The minimum absolute atomic E-state index is 0.0774. The predicted molar refractivity (Wildman–Crippen MR) is 58.9 cm³/mol. The summed E-state index contributed by atoms with van der Waals surface area (Å²) in [5, 5.41) is 0. The average molecular weight is 228 g/mol. The molecule has 92 valence electrons. The number of cyclic esters (lactones) is 1. The number of carbonyl (C=O) groups is 1. The Hall–Kier alpha value is -0.650. The number of likely N-dealkylation sites (tertiary alicyclic amines) is 1. The molecule has 2 rings (SSSR count). The Morgan fingerprint density at radius 1 is 1.56 bits per heavy atom. The number of nitrogens with two attached hydrogens (primary N) is 1. The van der Waals surface area contributed by atoms with Gasteiger partial charge in [0.25, 0.3) is 0 Å². The molecule has 0 radical (unpaired) electrons. The first-order chi connectivity index (χ1) is 7.76. The monoisotopic (exact) mass is 228 g/mol. The zero-order chi connectivity index (χ0) is 11.5. The molecule has 5 nitrogen and oxygen atoms in total. The number of carbonyl (C=O) groups excluding carboxylic acids is 1. The molecule has 0 saturated carbocycles. The summed E-state index contributed by atoms with van der Waals surface area (Å²) >= 11 is 0. The van der Waals surface area contributed by atoms with Crippen LogP contribution in [0.2, 0.25) is 0 Å². The maximum atomic E-state index is 11.6. The van der Waals surface area contributed by atoms with E-state index >= 15 is 0 Å². The average Bonchev–Trinajstić information content (AvgIpc) is 2.74. The van der Waals surface area contributed by atoms with Gasteiger partial charge in [-0.2, -0.15) is 0 Å². The Kier molecular flexibility index (Phi) is 3.78. The molecule has 2 aliphatic heterocycles. The Balaban J connectivity index is 2.00. The molecule has 0 spiro atoms. The number of methoxy groups -OCH3 is 1. The normalized spacial score (nSPS) is 36.4. The minimum Gasteiger partial charge on any atom is -0.464 e. The summed E-state index contributed by atoms with van der Waals surface area (Å²) in [6, 6.07) is 0.167. The molecule has 16 heavy (non-hydrogen) atoms. The number of hydrogen-bond acceptors (Lipinski definition) is 5. The predicted octanol–water partition coefficient (Wildman–Crippen LogP) is -0.260. The van der Waals surface area contributed by atoms with Crippen molar-refractivity contribution in [3.8, 4) is 0 Å². The van der Waals surface area contributed by atoms with E-state index in [-0.39, 0.29) is 24.2 Å². The topological polar surface area (TPSA) is 64.8 Å². The Labute approximate surface area is 95.9 Å². The van der Waals surface area contributed by atoms with E-state index in [4.69, 9.17) is 15.2 Å². The highest BCUT2D eigenvalue weighted by Crippen LogP contribution is 2.25. The zero-order valence-electron chi connectivity index (χ0n) is 9.72. The van der Waals surface area contributed by atoms with Gasteiger partial charge >= 0.3 is 5.97 Å². The van der Waals surface area contributed by atoms with Crippen molar-refractivity contribution in [3.63, 3.8) is 0 Å². The molecule has 2 saturated heterocycles. The summed E-state index contributed by atoms with van der Waals surface area (Å²) in [7, 11) is 1.73. The number of esters is 1. The number of ether oxygens (including phenoxy) is 2. The highest BCUT2D eigenvalue weighted by molar-refractivity contribution is 5.77. The van der Waals surface area contributed by atoms with Crippen molar-refractivity contribution in [2.24, 2.45) is 5.73 Å². The smallest absolute Gasteiger partial charge is 0.323 e. The number of nitrogens with zero attached hydrogens (tertiary/aromatic N) is 1. The van der Waals surface area contributed by atoms with E-state index < -0.39 is 0 Å². The molecule has 2 N–H and O–H groups in total. The molecule has 2 aliphatic rings. The molecule has 0 amide bonds. The van der Waals surface area contributed by atoms with E-state index in [9.17, 15) is 4.79 Å². The number of hydrogen-bond donors (Lipinski definition) is 1. The summed E-state index contributed by atoms with van der Waals surface area (Å²) in [5.41, 5.74) is 5.77. The van der Waals surface area contributed by atoms with E-state index in [0.717, 1.165) is 25.8 Å². The van der Waals surface area contributed by atoms with Crippen LogP contribution in [-0.2, 0) is 14.3 Å². The van der Waals surface area contributed by atoms with Crippen molar-refractivity contribution >= 4 is 5.97 Å². The lowest BCUT2D eigenvalue weighted by Crippen LogP contribution is -2.54. The molecule has 5 heteroatoms. The van der Waals surface area contributed by atoms with Gasteiger partial charge in [0, 0.05) is 32.7 Å². The van der Waals surface area contributed by atoms with E-state index in [1.54, 1.807) is 7.11 Å². The van der Waals surface area contributed by atoms with Crippen molar-refractivity contribution in [1.29, 1.82) is 0 Å². The Morgan fingerprint density at radius 3 is 2.94 bits per heavy atom. The molecule has 3 unspecified atom stereocenters. The highest BCUT2D eigenvalue weighted by Gasteiger charge is 2.38. The maximum Gasteiger partial charge on any atom is 0.323 e. The molecule has 2 heterocycles. The summed E-state index contributed by atoms with van der Waals surface area (Å²) in [6.07, 6.45) is 2.96. The van der Waals surface area contributed by atoms with Crippen LogP contribution in [0.15, 0.2) is 0 Å². The summed E-state index contributed by atoms with van der Waals surface area (Å²) in [6.45, 7) is 1.99. The SMILES string of the molecule is COC1CCN(C2CCOC2=O)C(CN)C1. The van der Waals surface area contributed by atoms with Gasteiger partial charge in [0.1, 0.15) is 6.04 Å². The molecular weight excluding hydrogens is 208 g/mol. The van der Waals surface area contributed by atoms with Crippen LogP contribution < -0.4 is 5.73 Å². The van der Waals surface area contributed by atoms with Gasteiger partial charge in [-0.15, -0.1) is 0 Å². The minimum atomic E-state index is -0.0886. The van der Waals surface area contributed by atoms with Crippen molar-refractivity contribution in [1.82, 2.24) is 4.90 Å². The van der Waals surface area contributed by atoms with Crippen LogP contribution in [0.4, 0.5) is 0 Å². The Bertz CT molecular complexity index is 260. The lowest BCUT2D eigenvalue weighted by molar-refractivity contribution is -0.144. The molecular formula is C11H20N2O3. The fourth-order valence-corrected chi connectivity index (χ4v) is 2.67. The third-order valence-corrected chi connectivity index (χ3v) is 3.63. The van der Waals surface area contributed by atoms with Gasteiger partial charge in [-0.05, 0) is 12.8 Å². The van der Waals surface area contributed by atoms with Gasteiger partial charge in [-0.1, -0.05) is 0 Å². The first-order valence-corrected chi connectivity index (χ1v) is 5.91. The van der Waals surface area contributed by atoms with Crippen LogP contribution in [-0.4, -0.2) is 55.9 Å². The van der Waals surface area contributed by atoms with Crippen LogP contribution in [0.5, 0.6) is 0 Å². The van der Waals surface area contributed by atoms with Crippen LogP contribution in [0.3, 0.4) is 0 Å². The zero-order valence-corrected chi connectivity index (χ0v) is 9.72. The Morgan fingerprint density at radius 2 is 2.38 bits per heavy atom. The quantitative estimate of drug-likeness (QED) is 0.674. The van der Waals surface area contributed by atoms with Crippen molar-refractivity contribution in [3.05, 3.63) is 0 Å². The third kappa shape index (κ3) is 2.21. The number of rotatable bonds is 3. The lowest BCUT2D eigenvalue weighted by Gasteiger charge is -2.40. The first kappa shape index (κ1) is 11.8. The molecule has 3 atom stereocenters. The standard InChI is InChI=1S/C11H20N2O3/c1-15-9-2-4-13(8(6-9)7-12)10-3-5-16-11(10)14/h8-10H,2-7,12H2,1H3. The summed E-state index contributed by atoms with van der Waals surface area (Å²) < 4.78 is 10.4. The van der Waals surface area contributed by atoms with Crippen molar-refractivity contribution in [2.45, 2.75) is 37.5 Å². The fraction of sp³-hybridized carbons (Fsp3) is 0.909. The van der Waals surface area contributed by atoms with Crippen LogP contribution in [0.25, 0.3) is 0 Å². The molecule has 0 bridgehead atoms. The maximum absolute atomic E-state index is 11.6. The lowest BCUT2D eigenvalue weighted by atomic mass is 9.96. The van der Waals surface area contributed by atoms with Crippen LogP contribution >= 0.6 is 0 Å². The van der Waals surface area contributed by atoms with Crippen molar-refractivity contribution < 1.29 is 14.3 Å². The largest absolute Gasteiger partial charge is 0.464 e. The molecule has 0 aromatic heterocycles. The van der Waals surface area contributed by atoms with E-state index in [0.29, 0.717) is 13.2 Å².